The van der Waals surface area contributed by atoms with Crippen LogP contribution in [0.25, 0.3) is 0 Å². The molecule has 0 bridgehead atoms. The lowest BCUT2D eigenvalue weighted by molar-refractivity contribution is -0.253. The van der Waals surface area contributed by atoms with Crippen LogP contribution in [0.5, 0.6) is 5.75 Å². The number of nitrogens with one attached hydrogen (secondary N) is 3. The van der Waals surface area contributed by atoms with Gasteiger partial charge < -0.3 is 15.4 Å². The summed E-state index contributed by atoms with van der Waals surface area (Å²) in [5.74, 6) is -1.15. The van der Waals surface area contributed by atoms with E-state index in [0.717, 1.165) is 12.3 Å². The molecule has 13 heteroatoms. The van der Waals surface area contributed by atoms with E-state index in [-0.39, 0.29) is 34.7 Å². The summed E-state index contributed by atoms with van der Waals surface area (Å²) < 4.78 is 79.4. The second kappa shape index (κ2) is 11.0. The first kappa shape index (κ1) is 28.9. The summed E-state index contributed by atoms with van der Waals surface area (Å²) >= 11 is 0. The predicted molar refractivity (Wildman–Crippen MR) is 130 cm³/mol. The average Bonchev–Trinajstić information content (AvgIpc) is 2.80. The van der Waals surface area contributed by atoms with Gasteiger partial charge in [0, 0.05) is 35.0 Å². The van der Waals surface area contributed by atoms with Crippen molar-refractivity contribution in [3.63, 3.8) is 0 Å². The number of aromatic nitrogens is 1. The zero-order valence-electron chi connectivity index (χ0n) is 20.9. The Morgan fingerprint density at radius 1 is 1.24 bits per heavy atom. The summed E-state index contributed by atoms with van der Waals surface area (Å²) in [7, 11) is -3.08. The van der Waals surface area contributed by atoms with Gasteiger partial charge in [-0.15, -0.1) is 0 Å². The summed E-state index contributed by atoms with van der Waals surface area (Å²) in [4.78, 5) is 16.9. The van der Waals surface area contributed by atoms with Crippen molar-refractivity contribution in [2.75, 3.05) is 11.5 Å². The second-order valence-corrected chi connectivity index (χ2v) is 12.5. The van der Waals surface area contributed by atoms with Crippen molar-refractivity contribution in [1.29, 1.82) is 5.41 Å². The number of ether oxygens (including phenoxy) is 1. The van der Waals surface area contributed by atoms with E-state index < -0.39 is 39.6 Å². The lowest BCUT2D eigenvalue weighted by Crippen LogP contribution is -2.53. The minimum absolute atomic E-state index is 0.0237. The highest BCUT2D eigenvalue weighted by Gasteiger charge is 2.44. The molecular formula is C24H32F4N4O4S. The van der Waals surface area contributed by atoms with Crippen LogP contribution in [0.15, 0.2) is 29.7 Å². The van der Waals surface area contributed by atoms with E-state index in [0.29, 0.717) is 43.4 Å². The third-order valence-corrected chi connectivity index (χ3v) is 8.21. The molecule has 3 rings (SSSR count). The summed E-state index contributed by atoms with van der Waals surface area (Å²) in [6.07, 6.45) is -4.88. The van der Waals surface area contributed by atoms with Gasteiger partial charge in [-0.3, -0.25) is 15.2 Å². The number of hydrogen-bond donors (Lipinski definition) is 3. The number of hydrogen-bond acceptors (Lipinski definition) is 7. The van der Waals surface area contributed by atoms with Gasteiger partial charge in [0.05, 0.1) is 23.4 Å². The Morgan fingerprint density at radius 3 is 2.49 bits per heavy atom. The smallest absolute Gasteiger partial charge is 0.427 e. The van der Waals surface area contributed by atoms with Crippen LogP contribution in [0.1, 0.15) is 58.4 Å². The highest BCUT2D eigenvalue weighted by molar-refractivity contribution is 7.91. The zero-order chi connectivity index (χ0) is 27.6. The quantitative estimate of drug-likeness (QED) is 0.319. The fourth-order valence-corrected chi connectivity index (χ4v) is 6.16. The molecule has 2 aliphatic rings. The van der Waals surface area contributed by atoms with Gasteiger partial charge in [-0.1, -0.05) is 0 Å². The van der Waals surface area contributed by atoms with Gasteiger partial charge in [-0.05, 0) is 64.5 Å². The highest BCUT2D eigenvalue weighted by atomic mass is 32.2. The number of nitrogens with zero attached hydrogens (tertiary/aromatic N) is 1. The fourth-order valence-electron chi connectivity index (χ4n) is 4.44. The summed E-state index contributed by atoms with van der Waals surface area (Å²) in [6.45, 7) is 5.62. The summed E-state index contributed by atoms with van der Waals surface area (Å²) in [6, 6.07) is 1.03. The lowest BCUT2D eigenvalue weighted by atomic mass is 9.82. The number of rotatable bonds is 9. The molecule has 3 N–H and O–H groups in total. The largest absolute Gasteiger partial charge is 0.461 e. The fraction of sp³-hybridized carbons (Fsp3) is 0.625. The van der Waals surface area contributed by atoms with Crippen LogP contribution in [-0.2, 0) is 14.6 Å². The van der Waals surface area contributed by atoms with Gasteiger partial charge in [0.2, 0.25) is 5.91 Å². The molecule has 0 saturated carbocycles. The molecule has 8 nitrogen and oxygen atoms in total. The van der Waals surface area contributed by atoms with E-state index in [4.69, 9.17) is 5.41 Å². The van der Waals surface area contributed by atoms with Crippen molar-refractivity contribution < 1.29 is 35.5 Å². The molecule has 1 saturated heterocycles. The Bertz CT molecular complexity index is 1160. The van der Waals surface area contributed by atoms with Crippen LogP contribution in [0.4, 0.5) is 17.6 Å². The molecule has 37 heavy (non-hydrogen) atoms. The molecule has 2 heterocycles. The number of alkyl halides is 4. The van der Waals surface area contributed by atoms with Crippen molar-refractivity contribution in [2.24, 2.45) is 5.92 Å². The molecule has 0 unspecified atom stereocenters. The summed E-state index contributed by atoms with van der Waals surface area (Å²) in [5.41, 5.74) is 0.667. The second-order valence-electron chi connectivity index (χ2n) is 10.1. The van der Waals surface area contributed by atoms with Gasteiger partial charge >= 0.3 is 12.5 Å². The number of pyridine rings is 1. The molecule has 1 fully saturated rings. The van der Waals surface area contributed by atoms with Crippen molar-refractivity contribution >= 4 is 21.5 Å². The Balaban J connectivity index is 1.78. The van der Waals surface area contributed by atoms with Crippen LogP contribution >= 0.6 is 0 Å². The van der Waals surface area contributed by atoms with Crippen LogP contribution in [-0.4, -0.2) is 60.6 Å². The average molecular weight is 549 g/mol. The molecule has 0 aromatic carbocycles. The maximum atomic E-state index is 13.3. The Labute approximate surface area is 213 Å². The first-order valence-corrected chi connectivity index (χ1v) is 13.8. The van der Waals surface area contributed by atoms with Crippen molar-refractivity contribution in [1.82, 2.24) is 15.6 Å². The van der Waals surface area contributed by atoms with Crippen LogP contribution in [0.3, 0.4) is 0 Å². The van der Waals surface area contributed by atoms with E-state index in [1.54, 1.807) is 0 Å². The number of halogens is 4. The maximum Gasteiger partial charge on any atom is 0.461 e. The minimum atomic E-state index is -4.70. The molecule has 1 atom stereocenters. The Kier molecular flexibility index (Phi) is 8.55. The third-order valence-electron chi connectivity index (χ3n) is 6.56. The number of allylic oxidation sites excluding steroid dienone is 2. The van der Waals surface area contributed by atoms with E-state index in [9.17, 15) is 30.8 Å². The van der Waals surface area contributed by atoms with E-state index >= 15 is 0 Å². The molecule has 1 aromatic heterocycles. The number of amides is 1. The monoisotopic (exact) mass is 548 g/mol. The van der Waals surface area contributed by atoms with E-state index in [2.05, 4.69) is 20.4 Å². The minimum Gasteiger partial charge on any atom is -0.427 e. The molecule has 0 radical (unpaired) electrons. The normalized spacial score (nSPS) is 21.6. The van der Waals surface area contributed by atoms with Gasteiger partial charge in [0.1, 0.15) is 15.6 Å². The van der Waals surface area contributed by atoms with Gasteiger partial charge in [-0.25, -0.2) is 8.42 Å². The molecule has 1 aliphatic carbocycles. The number of carbonyl (C=O) groups is 1. The molecule has 206 valence electrons. The SMILES string of the molecule is CC(C)NC1=C(C(=N)c2cncc(OC(F)(F)C(F)F)c2)CC[C@@H](C(=O)NC2(C)CCS(=O)(=O)CC2)C1. The first-order chi connectivity index (χ1) is 17.1. The molecule has 1 aromatic rings. The Morgan fingerprint density at radius 2 is 1.89 bits per heavy atom. The Hall–Kier alpha value is -2.70. The van der Waals surface area contributed by atoms with Gasteiger partial charge in [0.25, 0.3) is 0 Å². The van der Waals surface area contributed by atoms with Gasteiger partial charge in [-0.2, -0.15) is 17.6 Å². The molecular weight excluding hydrogens is 516 g/mol. The first-order valence-electron chi connectivity index (χ1n) is 12.0. The van der Waals surface area contributed by atoms with Gasteiger partial charge in [0.15, 0.2) is 0 Å². The summed E-state index contributed by atoms with van der Waals surface area (Å²) in [5, 5.41) is 15.0. The number of carbonyl (C=O) groups excluding carboxylic acids is 1. The van der Waals surface area contributed by atoms with Crippen LogP contribution < -0.4 is 15.4 Å². The van der Waals surface area contributed by atoms with Crippen molar-refractivity contribution in [2.45, 2.75) is 77.0 Å². The highest BCUT2D eigenvalue weighted by Crippen LogP contribution is 2.33. The van der Waals surface area contributed by atoms with Crippen LogP contribution in [0.2, 0.25) is 0 Å². The zero-order valence-corrected chi connectivity index (χ0v) is 21.7. The standard InChI is InChI=1S/C24H32F4N4O4S/c1-14(2)31-19-11-15(21(33)32-23(3)6-8-37(34,35)9-7-23)4-5-18(19)20(29)16-10-17(13-30-12-16)36-24(27,28)22(25)26/h10,12-15,22,29,31H,4-9,11H2,1-3H3,(H,32,33)/t15-/m1/s1. The van der Waals surface area contributed by atoms with Crippen LogP contribution in [0, 0.1) is 11.3 Å². The van der Waals surface area contributed by atoms with Crippen molar-refractivity contribution in [3.05, 3.63) is 35.3 Å². The maximum absolute atomic E-state index is 13.3. The van der Waals surface area contributed by atoms with Crippen molar-refractivity contribution in [3.8, 4) is 5.75 Å². The number of sulfone groups is 1. The molecule has 1 aliphatic heterocycles. The van der Waals surface area contributed by atoms with E-state index in [1.165, 1.54) is 6.20 Å². The predicted octanol–water partition coefficient (Wildman–Crippen LogP) is 3.82. The molecule has 1 amide bonds. The lowest BCUT2D eigenvalue weighted by Gasteiger charge is -2.37. The third kappa shape index (κ3) is 7.42. The molecule has 0 spiro atoms. The van der Waals surface area contributed by atoms with E-state index in [1.807, 2.05) is 20.8 Å². The topological polar surface area (TPSA) is 121 Å².